The molecule has 3 N–H and O–H groups in total. The maximum atomic E-state index is 11.6. The number of rotatable bonds is 10. The molecular formula is C16H24N4O3. The van der Waals surface area contributed by atoms with Gasteiger partial charge in [-0.3, -0.25) is 14.9 Å². The summed E-state index contributed by atoms with van der Waals surface area (Å²) in [5.41, 5.74) is 1.45. The normalized spacial score (nSPS) is 13.6. The molecule has 7 nitrogen and oxygen atoms in total. The summed E-state index contributed by atoms with van der Waals surface area (Å²) >= 11 is 0. The van der Waals surface area contributed by atoms with E-state index in [9.17, 15) is 14.9 Å². The molecule has 23 heavy (non-hydrogen) atoms. The summed E-state index contributed by atoms with van der Waals surface area (Å²) in [5, 5.41) is 20.0. The lowest BCUT2D eigenvalue weighted by Crippen LogP contribution is -2.35. The zero-order chi connectivity index (χ0) is 16.7. The molecule has 1 aliphatic carbocycles. The van der Waals surface area contributed by atoms with Crippen molar-refractivity contribution in [1.29, 1.82) is 0 Å². The van der Waals surface area contributed by atoms with E-state index in [2.05, 4.69) is 16.0 Å². The maximum absolute atomic E-state index is 11.6. The van der Waals surface area contributed by atoms with Crippen LogP contribution in [0, 0.1) is 23.0 Å². The Morgan fingerprint density at radius 1 is 1.35 bits per heavy atom. The van der Waals surface area contributed by atoms with Gasteiger partial charge in [0.1, 0.15) is 5.69 Å². The van der Waals surface area contributed by atoms with Crippen LogP contribution in [-0.4, -0.2) is 37.0 Å². The molecule has 1 aliphatic rings. The van der Waals surface area contributed by atoms with Crippen molar-refractivity contribution >= 4 is 17.3 Å². The Kier molecular flexibility index (Phi) is 6.34. The number of carbonyl (C=O) groups excluding carboxylic acids is 1. The average Bonchev–Trinajstić information content (AvgIpc) is 3.32. The molecule has 126 valence electrons. The Morgan fingerprint density at radius 3 is 2.83 bits per heavy atom. The molecule has 0 aliphatic heterocycles. The van der Waals surface area contributed by atoms with Crippen molar-refractivity contribution in [2.24, 2.45) is 5.92 Å². The van der Waals surface area contributed by atoms with E-state index in [1.54, 1.807) is 12.1 Å². The molecule has 7 heteroatoms. The van der Waals surface area contributed by atoms with Crippen LogP contribution in [0.15, 0.2) is 18.2 Å². The molecule has 1 amide bonds. The van der Waals surface area contributed by atoms with E-state index in [1.807, 2.05) is 13.0 Å². The molecule has 1 fully saturated rings. The van der Waals surface area contributed by atoms with Crippen LogP contribution >= 0.6 is 0 Å². The van der Waals surface area contributed by atoms with Crippen molar-refractivity contribution in [3.63, 3.8) is 0 Å². The Labute approximate surface area is 136 Å². The molecule has 0 saturated heterocycles. The summed E-state index contributed by atoms with van der Waals surface area (Å²) in [6.07, 6.45) is 3.25. The highest BCUT2D eigenvalue weighted by Gasteiger charge is 2.20. The number of hydrogen-bond acceptors (Lipinski definition) is 5. The Bertz CT molecular complexity index is 558. The van der Waals surface area contributed by atoms with Crippen LogP contribution in [0.4, 0.5) is 11.4 Å². The Morgan fingerprint density at radius 2 is 2.13 bits per heavy atom. The number of amides is 1. The van der Waals surface area contributed by atoms with E-state index in [0.717, 1.165) is 18.0 Å². The molecule has 1 saturated carbocycles. The van der Waals surface area contributed by atoms with Crippen LogP contribution in [0.2, 0.25) is 0 Å². The fourth-order valence-electron chi connectivity index (χ4n) is 2.26. The zero-order valence-electron chi connectivity index (χ0n) is 13.4. The van der Waals surface area contributed by atoms with Gasteiger partial charge in [0.15, 0.2) is 0 Å². The predicted octanol–water partition coefficient (Wildman–Crippen LogP) is 1.82. The second kappa shape index (κ2) is 8.47. The lowest BCUT2D eigenvalue weighted by Gasteiger charge is -2.09. The van der Waals surface area contributed by atoms with Gasteiger partial charge in [-0.1, -0.05) is 6.07 Å². The van der Waals surface area contributed by atoms with Crippen LogP contribution in [0.1, 0.15) is 24.8 Å². The first kappa shape index (κ1) is 17.2. The molecule has 0 spiro atoms. The number of hydrogen-bond donors (Lipinski definition) is 3. The van der Waals surface area contributed by atoms with E-state index in [0.29, 0.717) is 31.7 Å². The summed E-state index contributed by atoms with van der Waals surface area (Å²) in [5.74, 6) is 0.754. The molecule has 0 unspecified atom stereocenters. The standard InChI is InChI=1S/C16H24N4O3/c1-12-3-6-14(15(9-12)20(22)23)18-7-2-8-19-16(21)11-17-10-13-4-5-13/h3,6,9,13,17-18H,2,4-5,7-8,10-11H2,1H3,(H,19,21). The van der Waals surface area contributed by atoms with Crippen LogP contribution in [0.3, 0.4) is 0 Å². The first-order chi connectivity index (χ1) is 11.1. The topological polar surface area (TPSA) is 96.3 Å². The molecule has 0 aromatic heterocycles. The van der Waals surface area contributed by atoms with Crippen LogP contribution in [0.5, 0.6) is 0 Å². The highest BCUT2D eigenvalue weighted by Crippen LogP contribution is 2.27. The lowest BCUT2D eigenvalue weighted by molar-refractivity contribution is -0.384. The molecule has 0 radical (unpaired) electrons. The van der Waals surface area contributed by atoms with E-state index >= 15 is 0 Å². The highest BCUT2D eigenvalue weighted by molar-refractivity contribution is 5.77. The van der Waals surface area contributed by atoms with Crippen molar-refractivity contribution in [3.8, 4) is 0 Å². The first-order valence-corrected chi connectivity index (χ1v) is 8.02. The summed E-state index contributed by atoms with van der Waals surface area (Å²) in [4.78, 5) is 22.2. The van der Waals surface area contributed by atoms with Crippen LogP contribution < -0.4 is 16.0 Å². The number of anilines is 1. The number of nitro benzene ring substituents is 1. The van der Waals surface area contributed by atoms with Crippen molar-refractivity contribution < 1.29 is 9.72 Å². The van der Waals surface area contributed by atoms with Crippen molar-refractivity contribution in [3.05, 3.63) is 33.9 Å². The van der Waals surface area contributed by atoms with Gasteiger partial charge in [-0.2, -0.15) is 0 Å². The molecule has 1 aromatic rings. The smallest absolute Gasteiger partial charge is 0.292 e. The van der Waals surface area contributed by atoms with E-state index in [4.69, 9.17) is 0 Å². The first-order valence-electron chi connectivity index (χ1n) is 8.02. The highest BCUT2D eigenvalue weighted by atomic mass is 16.6. The minimum atomic E-state index is -0.386. The predicted molar refractivity (Wildman–Crippen MR) is 89.5 cm³/mol. The average molecular weight is 320 g/mol. The van der Waals surface area contributed by atoms with Gasteiger partial charge in [-0.25, -0.2) is 0 Å². The van der Waals surface area contributed by atoms with E-state index in [1.165, 1.54) is 12.8 Å². The van der Waals surface area contributed by atoms with Gasteiger partial charge in [-0.05, 0) is 50.3 Å². The van der Waals surface area contributed by atoms with Crippen LogP contribution in [0.25, 0.3) is 0 Å². The molecule has 0 atom stereocenters. The Balaban J connectivity index is 1.61. The fourth-order valence-corrected chi connectivity index (χ4v) is 2.26. The number of benzene rings is 1. The van der Waals surface area contributed by atoms with Crippen molar-refractivity contribution in [1.82, 2.24) is 10.6 Å². The number of nitrogens with zero attached hydrogens (tertiary/aromatic N) is 1. The molecule has 0 bridgehead atoms. The second-order valence-corrected chi connectivity index (χ2v) is 5.98. The van der Waals surface area contributed by atoms with Crippen LogP contribution in [-0.2, 0) is 4.79 Å². The number of carbonyl (C=O) groups is 1. The van der Waals surface area contributed by atoms with Gasteiger partial charge in [0, 0.05) is 19.2 Å². The summed E-state index contributed by atoms with van der Waals surface area (Å²) in [6, 6.07) is 5.10. The van der Waals surface area contributed by atoms with Crippen molar-refractivity contribution in [2.45, 2.75) is 26.2 Å². The molecule has 2 rings (SSSR count). The van der Waals surface area contributed by atoms with Gasteiger partial charge in [0.2, 0.25) is 5.91 Å². The summed E-state index contributed by atoms with van der Waals surface area (Å²) < 4.78 is 0. The molecule has 1 aromatic carbocycles. The van der Waals surface area contributed by atoms with Gasteiger partial charge in [0.25, 0.3) is 5.69 Å². The fraction of sp³-hybridized carbons (Fsp3) is 0.562. The van der Waals surface area contributed by atoms with E-state index in [-0.39, 0.29) is 16.5 Å². The second-order valence-electron chi connectivity index (χ2n) is 5.98. The Hall–Kier alpha value is -2.15. The molecule has 0 heterocycles. The minimum Gasteiger partial charge on any atom is -0.379 e. The third kappa shape index (κ3) is 6.23. The quantitative estimate of drug-likeness (QED) is 0.347. The monoisotopic (exact) mass is 320 g/mol. The van der Waals surface area contributed by atoms with Gasteiger partial charge < -0.3 is 16.0 Å². The third-order valence-electron chi connectivity index (χ3n) is 3.76. The lowest BCUT2D eigenvalue weighted by atomic mass is 10.2. The zero-order valence-corrected chi connectivity index (χ0v) is 13.4. The van der Waals surface area contributed by atoms with Crippen molar-refractivity contribution in [2.75, 3.05) is 31.5 Å². The van der Waals surface area contributed by atoms with E-state index < -0.39 is 0 Å². The molecular weight excluding hydrogens is 296 g/mol. The SMILES string of the molecule is Cc1ccc(NCCCNC(=O)CNCC2CC2)c([N+](=O)[O-])c1. The summed E-state index contributed by atoms with van der Waals surface area (Å²) in [6.45, 7) is 4.22. The number of nitro groups is 1. The number of nitrogens with one attached hydrogen (secondary N) is 3. The van der Waals surface area contributed by atoms with Gasteiger partial charge in [-0.15, -0.1) is 0 Å². The third-order valence-corrected chi connectivity index (χ3v) is 3.76. The number of aryl methyl sites for hydroxylation is 1. The van der Waals surface area contributed by atoms with Gasteiger partial charge >= 0.3 is 0 Å². The maximum Gasteiger partial charge on any atom is 0.292 e. The minimum absolute atomic E-state index is 0.00744. The summed E-state index contributed by atoms with van der Waals surface area (Å²) in [7, 11) is 0. The van der Waals surface area contributed by atoms with Gasteiger partial charge in [0.05, 0.1) is 11.5 Å². The largest absolute Gasteiger partial charge is 0.379 e.